The van der Waals surface area contributed by atoms with Crippen LogP contribution < -0.4 is 14.8 Å². The van der Waals surface area contributed by atoms with E-state index in [9.17, 15) is 4.79 Å². The first-order valence-electron chi connectivity index (χ1n) is 9.45. The molecule has 4 aromatic rings. The van der Waals surface area contributed by atoms with Gasteiger partial charge in [0.15, 0.2) is 11.5 Å². The molecule has 0 bridgehead atoms. The molecule has 150 valence electrons. The molecule has 0 unspecified atom stereocenters. The van der Waals surface area contributed by atoms with Crippen LogP contribution in [0.15, 0.2) is 66.9 Å². The number of nitrogens with one attached hydrogen (secondary N) is 1. The van der Waals surface area contributed by atoms with Crippen molar-refractivity contribution < 1.29 is 14.3 Å². The molecule has 0 atom stereocenters. The van der Waals surface area contributed by atoms with Crippen LogP contribution in [0.1, 0.15) is 15.9 Å². The van der Waals surface area contributed by atoms with Crippen molar-refractivity contribution in [2.75, 3.05) is 19.5 Å². The molecular weight excluding hydrogens is 378 g/mol. The number of amides is 1. The van der Waals surface area contributed by atoms with Gasteiger partial charge < -0.3 is 14.8 Å². The van der Waals surface area contributed by atoms with Crippen LogP contribution in [-0.2, 0) is 0 Å². The van der Waals surface area contributed by atoms with Crippen molar-refractivity contribution in [2.24, 2.45) is 0 Å². The summed E-state index contributed by atoms with van der Waals surface area (Å²) in [6.45, 7) is 1.95. The number of carbonyl (C=O) groups is 1. The number of aryl methyl sites for hydroxylation is 1. The van der Waals surface area contributed by atoms with Crippen LogP contribution in [0.25, 0.3) is 22.2 Å². The van der Waals surface area contributed by atoms with Gasteiger partial charge in [-0.1, -0.05) is 18.2 Å². The summed E-state index contributed by atoms with van der Waals surface area (Å²) in [6.07, 6.45) is 1.67. The van der Waals surface area contributed by atoms with Crippen LogP contribution in [0.2, 0.25) is 0 Å². The molecule has 1 N–H and O–H groups in total. The van der Waals surface area contributed by atoms with Gasteiger partial charge in [-0.2, -0.15) is 0 Å². The number of methoxy groups -OCH3 is 2. The van der Waals surface area contributed by atoms with Gasteiger partial charge in [0.25, 0.3) is 5.91 Å². The monoisotopic (exact) mass is 399 g/mol. The maximum Gasteiger partial charge on any atom is 0.257 e. The zero-order valence-electron chi connectivity index (χ0n) is 17.0. The van der Waals surface area contributed by atoms with E-state index in [1.54, 1.807) is 26.5 Å². The molecule has 0 fully saturated rings. The van der Waals surface area contributed by atoms with Crippen LogP contribution in [0.4, 0.5) is 5.82 Å². The minimum absolute atomic E-state index is 0.242. The third-order valence-electron chi connectivity index (χ3n) is 4.80. The molecule has 4 rings (SSSR count). The number of anilines is 1. The number of aromatic nitrogens is 2. The fourth-order valence-corrected chi connectivity index (χ4v) is 3.29. The fourth-order valence-electron chi connectivity index (χ4n) is 3.29. The predicted octanol–water partition coefficient (Wildman–Crippen LogP) is 4.87. The highest BCUT2D eigenvalue weighted by atomic mass is 16.5. The van der Waals surface area contributed by atoms with Gasteiger partial charge in [-0.05, 0) is 55.0 Å². The number of benzene rings is 2. The lowest BCUT2D eigenvalue weighted by Crippen LogP contribution is -2.14. The van der Waals surface area contributed by atoms with Gasteiger partial charge in [0.05, 0.1) is 31.0 Å². The van der Waals surface area contributed by atoms with Crippen molar-refractivity contribution in [1.29, 1.82) is 0 Å². The summed E-state index contributed by atoms with van der Waals surface area (Å²) in [6, 6.07) is 18.6. The third-order valence-corrected chi connectivity index (χ3v) is 4.80. The number of ether oxygens (including phenoxy) is 2. The molecule has 2 aromatic heterocycles. The van der Waals surface area contributed by atoms with Gasteiger partial charge in [-0.25, -0.2) is 9.97 Å². The zero-order valence-corrected chi connectivity index (χ0v) is 17.0. The number of pyridine rings is 2. The quantitative estimate of drug-likeness (QED) is 0.518. The van der Waals surface area contributed by atoms with E-state index in [1.807, 2.05) is 61.5 Å². The molecule has 6 nitrogen and oxygen atoms in total. The largest absolute Gasteiger partial charge is 0.493 e. The van der Waals surface area contributed by atoms with Gasteiger partial charge in [-0.15, -0.1) is 0 Å². The second-order valence-corrected chi connectivity index (χ2v) is 6.81. The Hall–Kier alpha value is -3.93. The Morgan fingerprint density at radius 2 is 1.73 bits per heavy atom. The van der Waals surface area contributed by atoms with E-state index in [0.29, 0.717) is 28.6 Å². The highest BCUT2D eigenvalue weighted by Gasteiger charge is 2.16. The smallest absolute Gasteiger partial charge is 0.257 e. The van der Waals surface area contributed by atoms with Gasteiger partial charge in [-0.3, -0.25) is 4.79 Å². The Balaban J connectivity index is 1.81. The Morgan fingerprint density at radius 1 is 0.933 bits per heavy atom. The first-order chi connectivity index (χ1) is 14.6. The summed E-state index contributed by atoms with van der Waals surface area (Å²) in [5.74, 6) is 1.49. The molecule has 0 spiro atoms. The molecule has 0 radical (unpaired) electrons. The van der Waals surface area contributed by atoms with Crippen molar-refractivity contribution in [2.45, 2.75) is 6.92 Å². The van der Waals surface area contributed by atoms with Gasteiger partial charge in [0, 0.05) is 17.1 Å². The lowest BCUT2D eigenvalue weighted by Gasteiger charge is -2.12. The van der Waals surface area contributed by atoms with Gasteiger partial charge >= 0.3 is 0 Å². The van der Waals surface area contributed by atoms with Crippen molar-refractivity contribution in [3.63, 3.8) is 0 Å². The summed E-state index contributed by atoms with van der Waals surface area (Å²) in [5.41, 5.74) is 3.75. The maximum atomic E-state index is 13.1. The number of nitrogens with zero attached hydrogens (tertiary/aromatic N) is 2. The number of hydrogen-bond donors (Lipinski definition) is 1. The molecule has 6 heteroatoms. The maximum absolute atomic E-state index is 13.1. The first-order valence-corrected chi connectivity index (χ1v) is 9.45. The van der Waals surface area contributed by atoms with Crippen molar-refractivity contribution in [3.05, 3.63) is 78.0 Å². The molecule has 0 saturated heterocycles. The van der Waals surface area contributed by atoms with Crippen LogP contribution in [0.3, 0.4) is 0 Å². The second kappa shape index (κ2) is 8.21. The summed E-state index contributed by atoms with van der Waals surface area (Å²) < 4.78 is 10.7. The van der Waals surface area contributed by atoms with E-state index in [-0.39, 0.29) is 5.91 Å². The molecule has 0 aliphatic heterocycles. The lowest BCUT2D eigenvalue weighted by atomic mass is 10.0. The van der Waals surface area contributed by atoms with E-state index >= 15 is 0 Å². The highest BCUT2D eigenvalue weighted by Crippen LogP contribution is 2.33. The summed E-state index contributed by atoms with van der Waals surface area (Å²) in [7, 11) is 3.18. The van der Waals surface area contributed by atoms with Crippen LogP contribution in [0.5, 0.6) is 11.5 Å². The Morgan fingerprint density at radius 3 is 2.50 bits per heavy atom. The Bertz CT molecular complexity index is 1240. The minimum atomic E-state index is -0.242. The Kier molecular flexibility index (Phi) is 5.30. The van der Waals surface area contributed by atoms with Crippen LogP contribution >= 0.6 is 0 Å². The molecule has 2 heterocycles. The SMILES string of the molecule is COc1ccc(-c2cc(C(=O)Nc3cc(C)ccn3)c3ccccc3n2)cc1OC. The number of hydrogen-bond acceptors (Lipinski definition) is 5. The van der Waals surface area contributed by atoms with Crippen LogP contribution in [-0.4, -0.2) is 30.1 Å². The number of rotatable bonds is 5. The van der Waals surface area contributed by atoms with E-state index in [0.717, 1.165) is 22.0 Å². The molecule has 0 saturated carbocycles. The second-order valence-electron chi connectivity index (χ2n) is 6.81. The number of para-hydroxylation sites is 1. The normalized spacial score (nSPS) is 10.6. The number of carbonyl (C=O) groups excluding carboxylic acids is 1. The summed E-state index contributed by atoms with van der Waals surface area (Å²) in [4.78, 5) is 22.1. The van der Waals surface area contributed by atoms with Gasteiger partial charge in [0.2, 0.25) is 0 Å². The average molecular weight is 399 g/mol. The molecule has 1 amide bonds. The predicted molar refractivity (Wildman–Crippen MR) is 117 cm³/mol. The van der Waals surface area contributed by atoms with E-state index < -0.39 is 0 Å². The first kappa shape index (κ1) is 19.4. The van der Waals surface area contributed by atoms with Crippen molar-refractivity contribution in [3.8, 4) is 22.8 Å². The van der Waals surface area contributed by atoms with Crippen molar-refractivity contribution in [1.82, 2.24) is 9.97 Å². The standard InChI is InChI=1S/C24H21N3O3/c1-15-10-11-25-23(12-15)27-24(28)18-14-20(26-19-7-5-4-6-17(18)19)16-8-9-21(29-2)22(13-16)30-3/h4-14H,1-3H3,(H,25,27,28). The summed E-state index contributed by atoms with van der Waals surface area (Å²) in [5, 5.41) is 3.66. The van der Waals surface area contributed by atoms with E-state index in [2.05, 4.69) is 10.3 Å². The fraction of sp³-hybridized carbons (Fsp3) is 0.125. The average Bonchev–Trinajstić information content (AvgIpc) is 2.77. The topological polar surface area (TPSA) is 73.3 Å². The minimum Gasteiger partial charge on any atom is -0.493 e. The number of fused-ring (bicyclic) bond motifs is 1. The third kappa shape index (κ3) is 3.80. The molecule has 2 aromatic carbocycles. The highest BCUT2D eigenvalue weighted by molar-refractivity contribution is 6.12. The molecular formula is C24H21N3O3. The van der Waals surface area contributed by atoms with Crippen LogP contribution in [0, 0.1) is 6.92 Å². The van der Waals surface area contributed by atoms with Crippen molar-refractivity contribution >= 4 is 22.6 Å². The zero-order chi connectivity index (χ0) is 21.1. The molecule has 30 heavy (non-hydrogen) atoms. The van der Waals surface area contributed by atoms with E-state index in [1.165, 1.54) is 0 Å². The summed E-state index contributed by atoms with van der Waals surface area (Å²) >= 11 is 0. The van der Waals surface area contributed by atoms with Gasteiger partial charge in [0.1, 0.15) is 5.82 Å². The Labute approximate surface area is 174 Å². The molecule has 0 aliphatic carbocycles. The van der Waals surface area contributed by atoms with E-state index in [4.69, 9.17) is 14.5 Å². The lowest BCUT2D eigenvalue weighted by molar-refractivity contribution is 0.102. The molecule has 0 aliphatic rings.